The standard InChI is InChI=1S/C8H18N2O5S/c1-8(2,3)15-7(11)10-16(12,13)9-5-6-14-4/h9H,5-6H2,1-4H3,(H,10,11). The highest BCUT2D eigenvalue weighted by atomic mass is 32.2. The first-order valence-electron chi connectivity index (χ1n) is 4.65. The van der Waals surface area contributed by atoms with Crippen LogP contribution in [0.4, 0.5) is 4.79 Å². The fourth-order valence-electron chi connectivity index (χ4n) is 0.723. The van der Waals surface area contributed by atoms with Gasteiger partial charge in [-0.1, -0.05) is 0 Å². The Morgan fingerprint density at radius 1 is 1.31 bits per heavy atom. The number of hydrogen-bond acceptors (Lipinski definition) is 5. The lowest BCUT2D eigenvalue weighted by molar-refractivity contribution is 0.0569. The molecule has 0 rings (SSSR count). The van der Waals surface area contributed by atoms with Crippen molar-refractivity contribution in [3.05, 3.63) is 0 Å². The Hall–Kier alpha value is -0.860. The molecule has 7 nitrogen and oxygen atoms in total. The molecule has 0 radical (unpaired) electrons. The average molecular weight is 254 g/mol. The summed E-state index contributed by atoms with van der Waals surface area (Å²) in [6.07, 6.45) is -1.02. The van der Waals surface area contributed by atoms with Crippen molar-refractivity contribution in [1.29, 1.82) is 0 Å². The molecular formula is C8H18N2O5S. The molecule has 0 aliphatic rings. The number of methoxy groups -OCH3 is 1. The molecule has 16 heavy (non-hydrogen) atoms. The van der Waals surface area contributed by atoms with Crippen LogP contribution in [-0.4, -0.2) is 40.4 Å². The van der Waals surface area contributed by atoms with Gasteiger partial charge in [-0.3, -0.25) is 0 Å². The second-order valence-corrected chi connectivity index (χ2v) is 5.49. The van der Waals surface area contributed by atoms with Crippen molar-refractivity contribution in [3.63, 3.8) is 0 Å². The Labute approximate surface area is 95.7 Å². The Kier molecular flexibility index (Phi) is 5.70. The van der Waals surface area contributed by atoms with Crippen LogP contribution in [0.15, 0.2) is 0 Å². The summed E-state index contributed by atoms with van der Waals surface area (Å²) in [7, 11) is -2.44. The zero-order valence-electron chi connectivity index (χ0n) is 9.86. The zero-order chi connectivity index (χ0) is 12.8. The predicted octanol–water partition coefficient (Wildman–Crippen LogP) is -0.00810. The minimum absolute atomic E-state index is 0.0780. The second-order valence-electron chi connectivity index (χ2n) is 3.99. The van der Waals surface area contributed by atoms with Gasteiger partial charge in [0, 0.05) is 13.7 Å². The van der Waals surface area contributed by atoms with Crippen molar-refractivity contribution in [3.8, 4) is 0 Å². The summed E-state index contributed by atoms with van der Waals surface area (Å²) in [5.41, 5.74) is -0.744. The number of carbonyl (C=O) groups excluding carboxylic acids is 1. The van der Waals surface area contributed by atoms with Gasteiger partial charge in [0.25, 0.3) is 0 Å². The minimum Gasteiger partial charge on any atom is -0.443 e. The maximum Gasteiger partial charge on any atom is 0.422 e. The maximum absolute atomic E-state index is 11.2. The number of amides is 1. The molecule has 2 N–H and O–H groups in total. The van der Waals surface area contributed by atoms with Crippen LogP contribution in [0.5, 0.6) is 0 Å². The van der Waals surface area contributed by atoms with E-state index in [0.717, 1.165) is 0 Å². The Balaban J connectivity index is 4.11. The van der Waals surface area contributed by atoms with E-state index in [0.29, 0.717) is 0 Å². The van der Waals surface area contributed by atoms with E-state index in [-0.39, 0.29) is 13.2 Å². The fraction of sp³-hybridized carbons (Fsp3) is 0.875. The van der Waals surface area contributed by atoms with Crippen molar-refractivity contribution < 1.29 is 22.7 Å². The lowest BCUT2D eigenvalue weighted by atomic mass is 10.2. The first-order valence-corrected chi connectivity index (χ1v) is 6.14. The van der Waals surface area contributed by atoms with Gasteiger partial charge < -0.3 is 9.47 Å². The van der Waals surface area contributed by atoms with Crippen molar-refractivity contribution in [2.24, 2.45) is 0 Å². The van der Waals surface area contributed by atoms with Crippen LogP contribution in [0.25, 0.3) is 0 Å². The molecule has 0 aliphatic heterocycles. The lowest BCUT2D eigenvalue weighted by Gasteiger charge is -2.19. The number of rotatable bonds is 5. The number of hydrogen-bond donors (Lipinski definition) is 2. The summed E-state index contributed by atoms with van der Waals surface area (Å²) in [6, 6.07) is 0. The molecular weight excluding hydrogens is 236 g/mol. The van der Waals surface area contributed by atoms with Crippen LogP contribution in [0.3, 0.4) is 0 Å². The highest BCUT2D eigenvalue weighted by molar-refractivity contribution is 7.88. The molecule has 0 atom stereocenters. The summed E-state index contributed by atoms with van der Waals surface area (Å²) >= 11 is 0. The molecule has 0 saturated carbocycles. The Bertz CT molecular complexity index is 320. The molecule has 0 aromatic rings. The molecule has 0 unspecified atom stereocenters. The monoisotopic (exact) mass is 254 g/mol. The highest BCUT2D eigenvalue weighted by Gasteiger charge is 2.20. The van der Waals surface area contributed by atoms with E-state index in [4.69, 9.17) is 4.74 Å². The van der Waals surface area contributed by atoms with E-state index in [1.807, 2.05) is 0 Å². The third kappa shape index (κ3) is 8.45. The van der Waals surface area contributed by atoms with Gasteiger partial charge in [-0.2, -0.15) is 13.1 Å². The summed E-state index contributed by atoms with van der Waals surface area (Å²) < 4.78 is 35.7. The largest absolute Gasteiger partial charge is 0.443 e. The number of carbonyl (C=O) groups is 1. The highest BCUT2D eigenvalue weighted by Crippen LogP contribution is 2.06. The van der Waals surface area contributed by atoms with Crippen LogP contribution < -0.4 is 9.44 Å². The van der Waals surface area contributed by atoms with Gasteiger partial charge in [0.2, 0.25) is 0 Å². The summed E-state index contributed by atoms with van der Waals surface area (Å²) in [5.74, 6) is 0. The van der Waals surface area contributed by atoms with Crippen molar-refractivity contribution in [1.82, 2.24) is 9.44 Å². The van der Waals surface area contributed by atoms with E-state index >= 15 is 0 Å². The molecule has 0 saturated heterocycles. The zero-order valence-corrected chi connectivity index (χ0v) is 10.7. The van der Waals surface area contributed by atoms with Crippen molar-refractivity contribution in [2.45, 2.75) is 26.4 Å². The van der Waals surface area contributed by atoms with E-state index in [1.54, 1.807) is 25.5 Å². The quantitative estimate of drug-likeness (QED) is 0.673. The topological polar surface area (TPSA) is 93.7 Å². The maximum atomic E-state index is 11.2. The number of nitrogens with one attached hydrogen (secondary N) is 2. The summed E-state index contributed by atoms with van der Waals surface area (Å²) in [4.78, 5) is 11.1. The van der Waals surface area contributed by atoms with E-state index in [9.17, 15) is 13.2 Å². The molecule has 0 bridgehead atoms. The predicted molar refractivity (Wildman–Crippen MR) is 58.2 cm³/mol. The van der Waals surface area contributed by atoms with Gasteiger partial charge >= 0.3 is 16.3 Å². The minimum atomic E-state index is -3.88. The second kappa shape index (κ2) is 6.02. The summed E-state index contributed by atoms with van der Waals surface area (Å²) in [5, 5.41) is 0. The van der Waals surface area contributed by atoms with E-state index in [1.165, 1.54) is 7.11 Å². The SMILES string of the molecule is COCCNS(=O)(=O)NC(=O)OC(C)(C)C. The van der Waals surface area contributed by atoms with E-state index in [2.05, 4.69) is 9.46 Å². The third-order valence-electron chi connectivity index (χ3n) is 1.21. The van der Waals surface area contributed by atoms with Crippen LogP contribution >= 0.6 is 0 Å². The van der Waals surface area contributed by atoms with Gasteiger partial charge in [0.05, 0.1) is 6.61 Å². The van der Waals surface area contributed by atoms with Crippen LogP contribution in [-0.2, 0) is 19.7 Å². The van der Waals surface area contributed by atoms with Gasteiger partial charge in [0.15, 0.2) is 0 Å². The van der Waals surface area contributed by atoms with Gasteiger partial charge in [-0.25, -0.2) is 9.52 Å². The molecule has 96 valence electrons. The molecule has 0 heterocycles. The first kappa shape index (κ1) is 15.1. The average Bonchev–Trinajstić information content (AvgIpc) is 1.98. The number of ether oxygens (including phenoxy) is 2. The lowest BCUT2D eigenvalue weighted by Crippen LogP contribution is -2.43. The van der Waals surface area contributed by atoms with Crippen LogP contribution in [0.2, 0.25) is 0 Å². The Morgan fingerprint density at radius 2 is 1.88 bits per heavy atom. The summed E-state index contributed by atoms with van der Waals surface area (Å²) in [6.45, 7) is 5.20. The Morgan fingerprint density at radius 3 is 2.31 bits per heavy atom. The van der Waals surface area contributed by atoms with Crippen LogP contribution in [0.1, 0.15) is 20.8 Å². The molecule has 0 fully saturated rings. The molecule has 0 aliphatic carbocycles. The first-order chi connectivity index (χ1) is 7.16. The van der Waals surface area contributed by atoms with E-state index < -0.39 is 21.9 Å². The van der Waals surface area contributed by atoms with Gasteiger partial charge in [-0.05, 0) is 20.8 Å². The third-order valence-corrected chi connectivity index (χ3v) is 2.23. The van der Waals surface area contributed by atoms with Gasteiger partial charge in [0.1, 0.15) is 5.60 Å². The molecule has 8 heteroatoms. The molecule has 1 amide bonds. The van der Waals surface area contributed by atoms with Crippen molar-refractivity contribution >= 4 is 16.3 Å². The normalized spacial score (nSPS) is 12.2. The molecule has 0 aromatic carbocycles. The van der Waals surface area contributed by atoms with Crippen LogP contribution in [0, 0.1) is 0 Å². The fourth-order valence-corrected chi connectivity index (χ4v) is 1.41. The van der Waals surface area contributed by atoms with Crippen molar-refractivity contribution in [2.75, 3.05) is 20.3 Å². The molecule has 0 spiro atoms. The molecule has 0 aromatic heterocycles. The smallest absolute Gasteiger partial charge is 0.422 e. The van der Waals surface area contributed by atoms with Gasteiger partial charge in [-0.15, -0.1) is 0 Å².